The Kier molecular flexibility index (Phi) is 3.96. The predicted molar refractivity (Wildman–Crippen MR) is 67.5 cm³/mol. The fraction of sp³-hybridized carbons (Fsp3) is 0.583. The van der Waals surface area contributed by atoms with Gasteiger partial charge in [0.05, 0.1) is 7.11 Å². The lowest BCUT2D eigenvalue weighted by Crippen LogP contribution is -2.36. The third-order valence-corrected chi connectivity index (χ3v) is 2.85. The molecule has 2 amide bonds. The molecule has 0 bridgehead atoms. The van der Waals surface area contributed by atoms with Gasteiger partial charge in [-0.25, -0.2) is 14.8 Å². The molecular weight excluding hydrogens is 232 g/mol. The first-order valence-corrected chi connectivity index (χ1v) is 6.11. The van der Waals surface area contributed by atoms with Crippen LogP contribution in [-0.2, 0) is 0 Å². The van der Waals surface area contributed by atoms with Crippen LogP contribution < -0.4 is 15.4 Å². The third kappa shape index (κ3) is 3.87. The number of methoxy groups -OCH3 is 1. The Morgan fingerprint density at radius 2 is 2.33 bits per heavy atom. The van der Waals surface area contributed by atoms with E-state index in [1.54, 1.807) is 6.07 Å². The van der Waals surface area contributed by atoms with E-state index in [4.69, 9.17) is 4.74 Å². The normalized spacial score (nSPS) is 15.9. The summed E-state index contributed by atoms with van der Waals surface area (Å²) in [6, 6.07) is 1.51. The molecule has 6 nitrogen and oxygen atoms in total. The minimum absolute atomic E-state index is 0.182. The number of nitrogens with one attached hydrogen (secondary N) is 2. The first-order chi connectivity index (χ1) is 8.67. The van der Waals surface area contributed by atoms with Crippen LogP contribution in [0.3, 0.4) is 0 Å². The number of nitrogens with zero attached hydrogens (tertiary/aromatic N) is 2. The number of carbonyl (C=O) groups excluding carboxylic acids is 1. The number of carbonyl (C=O) groups is 1. The molecule has 98 valence electrons. The molecule has 2 N–H and O–H groups in total. The van der Waals surface area contributed by atoms with Crippen molar-refractivity contribution in [2.24, 2.45) is 5.92 Å². The van der Waals surface area contributed by atoms with E-state index in [0.717, 1.165) is 12.3 Å². The molecule has 1 aromatic heterocycles. The lowest BCUT2D eigenvalue weighted by molar-refractivity contribution is 0.248. The second-order valence-corrected chi connectivity index (χ2v) is 4.62. The molecule has 18 heavy (non-hydrogen) atoms. The highest BCUT2D eigenvalue weighted by atomic mass is 16.5. The third-order valence-electron chi connectivity index (χ3n) is 2.85. The summed E-state index contributed by atoms with van der Waals surface area (Å²) in [5.41, 5.74) is 0. The van der Waals surface area contributed by atoms with Crippen LogP contribution in [0.5, 0.6) is 5.88 Å². The van der Waals surface area contributed by atoms with Crippen LogP contribution in [0, 0.1) is 5.92 Å². The summed E-state index contributed by atoms with van der Waals surface area (Å²) in [5.74, 6) is 1.64. The zero-order valence-electron chi connectivity index (χ0n) is 10.6. The van der Waals surface area contributed by atoms with Crippen LogP contribution >= 0.6 is 0 Å². The maximum absolute atomic E-state index is 11.7. The van der Waals surface area contributed by atoms with E-state index in [2.05, 4.69) is 20.6 Å². The van der Waals surface area contributed by atoms with E-state index >= 15 is 0 Å². The van der Waals surface area contributed by atoms with Crippen molar-refractivity contribution in [3.63, 3.8) is 0 Å². The van der Waals surface area contributed by atoms with Crippen molar-refractivity contribution in [1.29, 1.82) is 0 Å². The minimum Gasteiger partial charge on any atom is -0.481 e. The van der Waals surface area contributed by atoms with E-state index in [0.29, 0.717) is 11.7 Å². The minimum atomic E-state index is -0.246. The molecule has 1 aliphatic carbocycles. The van der Waals surface area contributed by atoms with Gasteiger partial charge in [0.2, 0.25) is 5.88 Å². The predicted octanol–water partition coefficient (Wildman–Crippen LogP) is 1.80. The Balaban J connectivity index is 1.81. The number of ether oxygens (including phenoxy) is 1. The Labute approximate surface area is 106 Å². The molecule has 1 saturated carbocycles. The quantitative estimate of drug-likeness (QED) is 0.835. The Morgan fingerprint density at radius 3 is 3.00 bits per heavy atom. The van der Waals surface area contributed by atoms with Gasteiger partial charge in [0.15, 0.2) is 0 Å². The average Bonchev–Trinajstić information content (AvgIpc) is 3.12. The molecular formula is C12H18N4O2. The molecule has 6 heteroatoms. The van der Waals surface area contributed by atoms with Crippen LogP contribution in [0.2, 0.25) is 0 Å². The summed E-state index contributed by atoms with van der Waals surface area (Å²) in [6.07, 6.45) is 4.97. The first-order valence-electron chi connectivity index (χ1n) is 6.11. The van der Waals surface area contributed by atoms with E-state index in [1.807, 2.05) is 6.92 Å². The second-order valence-electron chi connectivity index (χ2n) is 4.62. The summed E-state index contributed by atoms with van der Waals surface area (Å²) in [5, 5.41) is 5.55. The van der Waals surface area contributed by atoms with Crippen molar-refractivity contribution in [2.45, 2.75) is 32.2 Å². The van der Waals surface area contributed by atoms with Crippen LogP contribution in [-0.4, -0.2) is 29.2 Å². The average molecular weight is 250 g/mol. The number of hydrogen-bond donors (Lipinski definition) is 2. The molecule has 0 aliphatic heterocycles. The topological polar surface area (TPSA) is 76.1 Å². The van der Waals surface area contributed by atoms with Crippen LogP contribution in [0.15, 0.2) is 12.4 Å². The fourth-order valence-electron chi connectivity index (χ4n) is 1.81. The van der Waals surface area contributed by atoms with Gasteiger partial charge in [-0.2, -0.15) is 0 Å². The van der Waals surface area contributed by atoms with Gasteiger partial charge < -0.3 is 10.1 Å². The maximum atomic E-state index is 11.7. The van der Waals surface area contributed by atoms with E-state index in [1.165, 1.54) is 26.3 Å². The summed E-state index contributed by atoms with van der Waals surface area (Å²) in [4.78, 5) is 19.5. The van der Waals surface area contributed by atoms with E-state index < -0.39 is 0 Å². The lowest BCUT2D eigenvalue weighted by Gasteiger charge is -2.13. The summed E-state index contributed by atoms with van der Waals surface area (Å²) in [7, 11) is 1.52. The van der Waals surface area contributed by atoms with E-state index in [9.17, 15) is 4.79 Å². The van der Waals surface area contributed by atoms with Crippen molar-refractivity contribution in [2.75, 3.05) is 12.4 Å². The smallest absolute Gasteiger partial charge is 0.320 e. The molecule has 1 heterocycles. The number of aromatic nitrogens is 2. The van der Waals surface area contributed by atoms with Crippen molar-refractivity contribution in [3.8, 4) is 5.88 Å². The van der Waals surface area contributed by atoms with Crippen LogP contribution in [0.4, 0.5) is 10.6 Å². The Hall–Kier alpha value is -1.85. The number of anilines is 1. The molecule has 0 unspecified atom stereocenters. The number of rotatable bonds is 5. The highest BCUT2D eigenvalue weighted by Crippen LogP contribution is 2.33. The zero-order chi connectivity index (χ0) is 13.0. The van der Waals surface area contributed by atoms with Gasteiger partial charge in [0.1, 0.15) is 12.1 Å². The van der Waals surface area contributed by atoms with Gasteiger partial charge >= 0.3 is 6.03 Å². The summed E-state index contributed by atoms with van der Waals surface area (Å²) < 4.78 is 4.96. The van der Waals surface area contributed by atoms with Gasteiger partial charge in [-0.3, -0.25) is 5.32 Å². The van der Waals surface area contributed by atoms with Crippen molar-refractivity contribution in [1.82, 2.24) is 15.3 Å². The van der Waals surface area contributed by atoms with Crippen LogP contribution in [0.25, 0.3) is 0 Å². The SMILES string of the molecule is COc1cc(NC(=O)N[C@H](C)CC2CC2)ncn1. The fourth-order valence-corrected chi connectivity index (χ4v) is 1.81. The molecule has 1 atom stereocenters. The molecule has 0 radical (unpaired) electrons. The molecule has 0 spiro atoms. The number of urea groups is 1. The van der Waals surface area contributed by atoms with Crippen molar-refractivity contribution in [3.05, 3.63) is 12.4 Å². The number of amides is 2. The Morgan fingerprint density at radius 1 is 1.56 bits per heavy atom. The lowest BCUT2D eigenvalue weighted by atomic mass is 10.2. The van der Waals surface area contributed by atoms with Crippen molar-refractivity contribution < 1.29 is 9.53 Å². The highest BCUT2D eigenvalue weighted by molar-refractivity contribution is 5.88. The summed E-state index contributed by atoms with van der Waals surface area (Å²) in [6.45, 7) is 2.01. The monoisotopic (exact) mass is 250 g/mol. The standard InChI is InChI=1S/C12H18N4O2/c1-8(5-9-3-4-9)15-12(17)16-10-6-11(18-2)14-7-13-10/h6-9H,3-5H2,1-2H3,(H2,13,14,15,16,17)/t8-/m1/s1. The maximum Gasteiger partial charge on any atom is 0.320 e. The van der Waals surface area contributed by atoms with Gasteiger partial charge in [0, 0.05) is 12.1 Å². The molecule has 1 fully saturated rings. The zero-order valence-corrected chi connectivity index (χ0v) is 10.6. The van der Waals surface area contributed by atoms with Gasteiger partial charge in [-0.15, -0.1) is 0 Å². The first kappa shape index (κ1) is 12.6. The van der Waals surface area contributed by atoms with Crippen LogP contribution in [0.1, 0.15) is 26.2 Å². The van der Waals surface area contributed by atoms with Gasteiger partial charge in [-0.1, -0.05) is 12.8 Å². The van der Waals surface area contributed by atoms with Gasteiger partial charge in [-0.05, 0) is 19.3 Å². The Bertz CT molecular complexity index is 420. The molecule has 2 rings (SSSR count). The van der Waals surface area contributed by atoms with Crippen molar-refractivity contribution >= 4 is 11.8 Å². The molecule has 0 aromatic carbocycles. The molecule has 1 aliphatic rings. The summed E-state index contributed by atoms with van der Waals surface area (Å²) >= 11 is 0. The largest absolute Gasteiger partial charge is 0.481 e. The second kappa shape index (κ2) is 5.66. The number of hydrogen-bond acceptors (Lipinski definition) is 4. The van der Waals surface area contributed by atoms with E-state index in [-0.39, 0.29) is 12.1 Å². The van der Waals surface area contributed by atoms with Gasteiger partial charge in [0.25, 0.3) is 0 Å². The molecule has 0 saturated heterocycles. The highest BCUT2D eigenvalue weighted by Gasteiger charge is 2.24. The molecule has 1 aromatic rings.